The molecule has 0 aliphatic rings. The Balaban J connectivity index is 2.45. The fraction of sp³-hybridized carbons (Fsp3) is 0.417. The predicted octanol–water partition coefficient (Wildman–Crippen LogP) is 1.85. The van der Waals surface area contributed by atoms with Gasteiger partial charge in [0.2, 0.25) is 5.91 Å². The number of amides is 1. The van der Waals surface area contributed by atoms with E-state index in [1.54, 1.807) is 0 Å². The molecule has 0 saturated carbocycles. The molecule has 1 amide bonds. The zero-order valence-electron chi connectivity index (χ0n) is 9.37. The van der Waals surface area contributed by atoms with Gasteiger partial charge in [-0.3, -0.25) is 4.79 Å². The van der Waals surface area contributed by atoms with Crippen LogP contribution in [0.15, 0.2) is 28.7 Å². The number of nitrogens with two attached hydrogens (primary N) is 1. The summed E-state index contributed by atoms with van der Waals surface area (Å²) in [5.41, 5.74) is 6.51. The van der Waals surface area contributed by atoms with Crippen molar-refractivity contribution in [1.82, 2.24) is 5.32 Å². The van der Waals surface area contributed by atoms with Gasteiger partial charge in [-0.2, -0.15) is 0 Å². The molecule has 1 unspecified atom stereocenters. The van der Waals surface area contributed by atoms with Crippen LogP contribution in [0, 0.1) is 0 Å². The highest BCUT2D eigenvalue weighted by Gasteiger charge is 2.07. The van der Waals surface area contributed by atoms with E-state index < -0.39 is 0 Å². The van der Waals surface area contributed by atoms with E-state index in [0.29, 0.717) is 13.0 Å². The molecule has 3 nitrogen and oxygen atoms in total. The molecule has 4 heteroatoms. The number of nitrogens with one attached hydrogen (secondary N) is 1. The number of hydrogen-bond acceptors (Lipinski definition) is 2. The molecule has 0 aliphatic carbocycles. The zero-order valence-corrected chi connectivity index (χ0v) is 11.0. The third-order valence-corrected chi connectivity index (χ3v) is 2.70. The van der Waals surface area contributed by atoms with Gasteiger partial charge in [-0.25, -0.2) is 0 Å². The molecule has 0 radical (unpaired) electrons. The van der Waals surface area contributed by atoms with Crippen molar-refractivity contribution in [2.24, 2.45) is 5.73 Å². The van der Waals surface area contributed by atoms with E-state index in [1.807, 2.05) is 19.1 Å². The van der Waals surface area contributed by atoms with Crippen LogP contribution in [0.1, 0.15) is 18.9 Å². The highest BCUT2D eigenvalue weighted by Crippen LogP contribution is 2.13. The second-order valence-corrected chi connectivity index (χ2v) is 4.76. The lowest BCUT2D eigenvalue weighted by Gasteiger charge is -2.13. The summed E-state index contributed by atoms with van der Waals surface area (Å²) < 4.78 is 1.06. The van der Waals surface area contributed by atoms with Gasteiger partial charge in [0.05, 0.1) is 0 Å². The summed E-state index contributed by atoms with van der Waals surface area (Å²) in [4.78, 5) is 11.3. The molecule has 0 aliphatic heterocycles. The van der Waals surface area contributed by atoms with Crippen LogP contribution >= 0.6 is 15.9 Å². The van der Waals surface area contributed by atoms with Crippen molar-refractivity contribution in [3.05, 3.63) is 34.3 Å². The van der Waals surface area contributed by atoms with Crippen molar-refractivity contribution in [2.75, 3.05) is 6.54 Å². The molecular formula is C12H17BrN2O. The van der Waals surface area contributed by atoms with Gasteiger partial charge < -0.3 is 11.1 Å². The van der Waals surface area contributed by atoms with Crippen LogP contribution in [0.2, 0.25) is 0 Å². The number of benzene rings is 1. The molecule has 0 aromatic heterocycles. The molecule has 1 aromatic rings. The van der Waals surface area contributed by atoms with Gasteiger partial charge >= 0.3 is 0 Å². The molecule has 1 atom stereocenters. The van der Waals surface area contributed by atoms with Crippen molar-refractivity contribution in [2.45, 2.75) is 25.8 Å². The molecular weight excluding hydrogens is 268 g/mol. The standard InChI is InChI=1S/C12H17BrN2O/c1-9(15-12(16)5-6-14)7-10-3-2-4-11(13)8-10/h2-4,8-9H,5-7,14H2,1H3,(H,15,16). The lowest BCUT2D eigenvalue weighted by Crippen LogP contribution is -2.35. The molecule has 0 bridgehead atoms. The Morgan fingerprint density at radius 1 is 1.56 bits per heavy atom. The van der Waals surface area contributed by atoms with Gasteiger partial charge in [-0.1, -0.05) is 28.1 Å². The summed E-state index contributed by atoms with van der Waals surface area (Å²) >= 11 is 3.42. The number of carbonyl (C=O) groups excluding carboxylic acids is 1. The van der Waals surface area contributed by atoms with E-state index in [1.165, 1.54) is 5.56 Å². The minimum atomic E-state index is 0.0185. The number of rotatable bonds is 5. The first-order valence-corrected chi connectivity index (χ1v) is 6.15. The lowest BCUT2D eigenvalue weighted by molar-refractivity contribution is -0.121. The minimum Gasteiger partial charge on any atom is -0.353 e. The molecule has 0 heterocycles. The molecule has 16 heavy (non-hydrogen) atoms. The van der Waals surface area contributed by atoms with Gasteiger partial charge in [-0.05, 0) is 31.0 Å². The Hall–Kier alpha value is -0.870. The summed E-state index contributed by atoms with van der Waals surface area (Å²) in [6.07, 6.45) is 1.22. The van der Waals surface area contributed by atoms with Crippen LogP contribution in [0.25, 0.3) is 0 Å². The SMILES string of the molecule is CC(Cc1cccc(Br)c1)NC(=O)CCN. The van der Waals surface area contributed by atoms with Gasteiger partial charge in [0.25, 0.3) is 0 Å². The predicted molar refractivity (Wildman–Crippen MR) is 69.1 cm³/mol. The van der Waals surface area contributed by atoms with Crippen LogP contribution in [0.5, 0.6) is 0 Å². The Bertz CT molecular complexity index is 355. The fourth-order valence-corrected chi connectivity index (χ4v) is 1.99. The first-order chi connectivity index (χ1) is 7.61. The summed E-state index contributed by atoms with van der Waals surface area (Å²) in [5, 5.41) is 2.91. The first-order valence-electron chi connectivity index (χ1n) is 5.35. The number of halogens is 1. The van der Waals surface area contributed by atoms with Crippen LogP contribution < -0.4 is 11.1 Å². The summed E-state index contributed by atoms with van der Waals surface area (Å²) in [5.74, 6) is 0.0185. The third kappa shape index (κ3) is 4.77. The first kappa shape index (κ1) is 13.2. The largest absolute Gasteiger partial charge is 0.353 e. The van der Waals surface area contributed by atoms with Crippen molar-refractivity contribution >= 4 is 21.8 Å². The number of hydrogen-bond donors (Lipinski definition) is 2. The van der Waals surface area contributed by atoms with Crippen LogP contribution in [0.3, 0.4) is 0 Å². The van der Waals surface area contributed by atoms with Crippen molar-refractivity contribution in [1.29, 1.82) is 0 Å². The van der Waals surface area contributed by atoms with Gasteiger partial charge in [0.1, 0.15) is 0 Å². The van der Waals surface area contributed by atoms with E-state index in [4.69, 9.17) is 5.73 Å². The van der Waals surface area contributed by atoms with Crippen molar-refractivity contribution in [3.63, 3.8) is 0 Å². The maximum Gasteiger partial charge on any atom is 0.221 e. The third-order valence-electron chi connectivity index (χ3n) is 2.21. The van der Waals surface area contributed by atoms with Gasteiger partial charge in [-0.15, -0.1) is 0 Å². The quantitative estimate of drug-likeness (QED) is 0.867. The maximum absolute atomic E-state index is 11.3. The number of carbonyl (C=O) groups is 1. The maximum atomic E-state index is 11.3. The monoisotopic (exact) mass is 284 g/mol. The van der Waals surface area contributed by atoms with E-state index in [9.17, 15) is 4.79 Å². The Labute approximate surface area is 105 Å². The van der Waals surface area contributed by atoms with Gasteiger partial charge in [0, 0.05) is 23.5 Å². The van der Waals surface area contributed by atoms with E-state index >= 15 is 0 Å². The summed E-state index contributed by atoms with van der Waals surface area (Å²) in [6, 6.07) is 8.23. The molecule has 1 rings (SSSR count). The molecule has 0 fully saturated rings. The molecule has 0 spiro atoms. The van der Waals surface area contributed by atoms with E-state index in [0.717, 1.165) is 10.9 Å². The lowest BCUT2D eigenvalue weighted by atomic mass is 10.1. The van der Waals surface area contributed by atoms with E-state index in [-0.39, 0.29) is 11.9 Å². The Morgan fingerprint density at radius 2 is 2.31 bits per heavy atom. The highest BCUT2D eigenvalue weighted by atomic mass is 79.9. The molecule has 3 N–H and O–H groups in total. The topological polar surface area (TPSA) is 55.1 Å². The summed E-state index contributed by atoms with van der Waals surface area (Å²) in [7, 11) is 0. The van der Waals surface area contributed by atoms with Crippen molar-refractivity contribution < 1.29 is 4.79 Å². The van der Waals surface area contributed by atoms with Crippen LogP contribution in [-0.2, 0) is 11.2 Å². The highest BCUT2D eigenvalue weighted by molar-refractivity contribution is 9.10. The Kier molecular flexibility index (Phi) is 5.49. The van der Waals surface area contributed by atoms with Gasteiger partial charge in [0.15, 0.2) is 0 Å². The van der Waals surface area contributed by atoms with E-state index in [2.05, 4.69) is 33.4 Å². The minimum absolute atomic E-state index is 0.0185. The van der Waals surface area contributed by atoms with Crippen LogP contribution in [-0.4, -0.2) is 18.5 Å². The Morgan fingerprint density at radius 3 is 2.94 bits per heavy atom. The molecule has 1 aromatic carbocycles. The normalized spacial score (nSPS) is 12.2. The van der Waals surface area contributed by atoms with Crippen molar-refractivity contribution in [3.8, 4) is 0 Å². The smallest absolute Gasteiger partial charge is 0.221 e. The zero-order chi connectivity index (χ0) is 12.0. The summed E-state index contributed by atoms with van der Waals surface area (Å²) in [6.45, 7) is 2.39. The second kappa shape index (κ2) is 6.66. The average Bonchev–Trinajstić information content (AvgIpc) is 2.17. The average molecular weight is 285 g/mol. The second-order valence-electron chi connectivity index (χ2n) is 3.84. The fourth-order valence-electron chi connectivity index (χ4n) is 1.55. The molecule has 0 saturated heterocycles. The van der Waals surface area contributed by atoms with Crippen LogP contribution in [0.4, 0.5) is 0 Å². The molecule has 88 valence electrons.